The summed E-state index contributed by atoms with van der Waals surface area (Å²) in [7, 11) is 2.02. The average molecular weight is 220 g/mol. The minimum absolute atomic E-state index is 1.08. The van der Waals surface area contributed by atoms with Crippen LogP contribution in [-0.4, -0.2) is 31.6 Å². The van der Waals surface area contributed by atoms with Gasteiger partial charge in [0.2, 0.25) is 0 Å². The summed E-state index contributed by atoms with van der Waals surface area (Å²) in [6.07, 6.45) is 2.54. The number of nitrogens with zero attached hydrogens (tertiary/aromatic N) is 1. The maximum Gasteiger partial charge on any atom is 0.0233 e. The van der Waals surface area contributed by atoms with Gasteiger partial charge in [-0.05, 0) is 45.1 Å². The Hall–Kier alpha value is -0.860. The molecule has 2 nitrogen and oxygen atoms in total. The van der Waals surface area contributed by atoms with E-state index in [2.05, 4.69) is 47.5 Å². The van der Waals surface area contributed by atoms with Gasteiger partial charge in [0.15, 0.2) is 0 Å². The van der Waals surface area contributed by atoms with Crippen molar-refractivity contribution < 1.29 is 0 Å². The van der Waals surface area contributed by atoms with Crippen LogP contribution in [0.15, 0.2) is 30.3 Å². The molecule has 0 fully saturated rings. The van der Waals surface area contributed by atoms with E-state index in [4.69, 9.17) is 0 Å². The Morgan fingerprint density at radius 2 is 1.88 bits per heavy atom. The molecule has 0 saturated carbocycles. The van der Waals surface area contributed by atoms with Gasteiger partial charge >= 0.3 is 0 Å². The Labute approximate surface area is 99.7 Å². The molecule has 0 heterocycles. The highest BCUT2D eigenvalue weighted by Crippen LogP contribution is 2.05. The summed E-state index contributed by atoms with van der Waals surface area (Å²) in [5.74, 6) is 0. The number of hydrogen-bond donors (Lipinski definition) is 1. The second-order valence-electron chi connectivity index (χ2n) is 4.17. The molecule has 0 aliphatic heterocycles. The second kappa shape index (κ2) is 8.31. The van der Waals surface area contributed by atoms with Gasteiger partial charge in [0.1, 0.15) is 0 Å². The van der Waals surface area contributed by atoms with Crippen molar-refractivity contribution in [1.29, 1.82) is 0 Å². The fourth-order valence-corrected chi connectivity index (χ4v) is 1.83. The van der Waals surface area contributed by atoms with Gasteiger partial charge in [-0.3, -0.25) is 4.90 Å². The number of benzene rings is 1. The van der Waals surface area contributed by atoms with Gasteiger partial charge < -0.3 is 5.32 Å². The van der Waals surface area contributed by atoms with E-state index in [1.54, 1.807) is 0 Å². The van der Waals surface area contributed by atoms with E-state index in [1.807, 2.05) is 7.05 Å². The monoisotopic (exact) mass is 220 g/mol. The first-order valence-corrected chi connectivity index (χ1v) is 6.27. The molecule has 0 aliphatic rings. The highest BCUT2D eigenvalue weighted by atomic mass is 15.1. The fourth-order valence-electron chi connectivity index (χ4n) is 1.83. The molecule has 1 N–H and O–H groups in total. The third-order valence-electron chi connectivity index (χ3n) is 2.85. The SMILES string of the molecule is CCN(CCCCNC)Cc1ccccc1. The molecule has 1 rings (SSSR count). The molecule has 0 saturated heterocycles. The van der Waals surface area contributed by atoms with E-state index in [0.717, 1.165) is 19.6 Å². The summed E-state index contributed by atoms with van der Waals surface area (Å²) in [6.45, 7) is 6.78. The van der Waals surface area contributed by atoms with E-state index < -0.39 is 0 Å². The molecule has 2 heteroatoms. The topological polar surface area (TPSA) is 15.3 Å². The summed E-state index contributed by atoms with van der Waals surface area (Å²) >= 11 is 0. The van der Waals surface area contributed by atoms with Crippen LogP contribution in [0.1, 0.15) is 25.3 Å². The number of nitrogens with one attached hydrogen (secondary N) is 1. The van der Waals surface area contributed by atoms with E-state index in [0.29, 0.717) is 0 Å². The summed E-state index contributed by atoms with van der Waals surface area (Å²) in [5.41, 5.74) is 1.41. The van der Waals surface area contributed by atoms with Crippen molar-refractivity contribution in [2.24, 2.45) is 0 Å². The molecular weight excluding hydrogens is 196 g/mol. The number of hydrogen-bond acceptors (Lipinski definition) is 2. The molecule has 16 heavy (non-hydrogen) atoms. The van der Waals surface area contributed by atoms with Gasteiger partial charge in [0.05, 0.1) is 0 Å². The van der Waals surface area contributed by atoms with Gasteiger partial charge in [0, 0.05) is 6.54 Å². The van der Waals surface area contributed by atoms with Crippen molar-refractivity contribution >= 4 is 0 Å². The summed E-state index contributed by atoms with van der Waals surface area (Å²) < 4.78 is 0. The minimum atomic E-state index is 1.08. The zero-order valence-corrected chi connectivity index (χ0v) is 10.6. The predicted molar refractivity (Wildman–Crippen MR) is 70.6 cm³/mol. The first kappa shape index (κ1) is 13.2. The summed E-state index contributed by atoms with van der Waals surface area (Å²) in [5, 5.41) is 3.19. The molecule has 0 amide bonds. The molecule has 0 spiro atoms. The van der Waals surface area contributed by atoms with Crippen molar-refractivity contribution in [1.82, 2.24) is 10.2 Å². The third kappa shape index (κ3) is 5.29. The first-order chi connectivity index (χ1) is 7.86. The molecule has 1 aromatic rings. The van der Waals surface area contributed by atoms with E-state index in [-0.39, 0.29) is 0 Å². The Bertz CT molecular complexity index is 259. The average Bonchev–Trinajstić information content (AvgIpc) is 2.34. The highest BCUT2D eigenvalue weighted by molar-refractivity contribution is 5.14. The molecule has 0 unspecified atom stereocenters. The van der Waals surface area contributed by atoms with Crippen LogP contribution in [0.3, 0.4) is 0 Å². The lowest BCUT2D eigenvalue weighted by atomic mass is 10.2. The minimum Gasteiger partial charge on any atom is -0.320 e. The van der Waals surface area contributed by atoms with Crippen LogP contribution in [-0.2, 0) is 6.54 Å². The smallest absolute Gasteiger partial charge is 0.0233 e. The Kier molecular flexibility index (Phi) is 6.86. The van der Waals surface area contributed by atoms with Crippen LogP contribution in [0, 0.1) is 0 Å². The quantitative estimate of drug-likeness (QED) is 0.677. The van der Waals surface area contributed by atoms with Crippen LogP contribution >= 0.6 is 0 Å². The molecule has 0 aromatic heterocycles. The van der Waals surface area contributed by atoms with Crippen molar-refractivity contribution in [2.75, 3.05) is 26.7 Å². The molecule has 1 aromatic carbocycles. The van der Waals surface area contributed by atoms with Crippen molar-refractivity contribution in [2.45, 2.75) is 26.3 Å². The van der Waals surface area contributed by atoms with Crippen molar-refractivity contribution in [3.05, 3.63) is 35.9 Å². The van der Waals surface area contributed by atoms with Gasteiger partial charge in [-0.25, -0.2) is 0 Å². The van der Waals surface area contributed by atoms with Gasteiger partial charge in [0.25, 0.3) is 0 Å². The zero-order valence-electron chi connectivity index (χ0n) is 10.6. The maximum atomic E-state index is 3.19. The van der Waals surface area contributed by atoms with E-state index in [9.17, 15) is 0 Å². The lowest BCUT2D eigenvalue weighted by Crippen LogP contribution is -2.24. The third-order valence-corrected chi connectivity index (χ3v) is 2.85. The van der Waals surface area contributed by atoms with E-state index >= 15 is 0 Å². The summed E-state index contributed by atoms with van der Waals surface area (Å²) in [4.78, 5) is 2.50. The van der Waals surface area contributed by atoms with Crippen LogP contribution in [0.2, 0.25) is 0 Å². The van der Waals surface area contributed by atoms with Crippen molar-refractivity contribution in [3.8, 4) is 0 Å². The molecule has 0 aliphatic carbocycles. The van der Waals surface area contributed by atoms with E-state index in [1.165, 1.54) is 24.9 Å². The maximum absolute atomic E-state index is 3.19. The van der Waals surface area contributed by atoms with Crippen molar-refractivity contribution in [3.63, 3.8) is 0 Å². The molecular formula is C14H24N2. The molecule has 0 radical (unpaired) electrons. The first-order valence-electron chi connectivity index (χ1n) is 6.27. The molecule has 0 atom stereocenters. The largest absolute Gasteiger partial charge is 0.320 e. The number of rotatable bonds is 8. The fraction of sp³-hybridized carbons (Fsp3) is 0.571. The van der Waals surface area contributed by atoms with Crippen LogP contribution in [0.4, 0.5) is 0 Å². The Morgan fingerprint density at radius 1 is 1.12 bits per heavy atom. The van der Waals surface area contributed by atoms with Gasteiger partial charge in [-0.2, -0.15) is 0 Å². The Balaban J connectivity index is 2.26. The summed E-state index contributed by atoms with van der Waals surface area (Å²) in [6, 6.07) is 10.7. The van der Waals surface area contributed by atoms with Gasteiger partial charge in [-0.15, -0.1) is 0 Å². The lowest BCUT2D eigenvalue weighted by molar-refractivity contribution is 0.273. The van der Waals surface area contributed by atoms with Crippen LogP contribution in [0.25, 0.3) is 0 Å². The predicted octanol–water partition coefficient (Wildman–Crippen LogP) is 2.51. The van der Waals surface area contributed by atoms with Crippen LogP contribution in [0.5, 0.6) is 0 Å². The molecule has 90 valence electrons. The normalized spacial score (nSPS) is 10.9. The molecule has 0 bridgehead atoms. The van der Waals surface area contributed by atoms with Crippen LogP contribution < -0.4 is 5.32 Å². The Morgan fingerprint density at radius 3 is 2.50 bits per heavy atom. The standard InChI is InChI=1S/C14H24N2/c1-3-16(12-8-7-11-15-2)13-14-9-5-4-6-10-14/h4-6,9-10,15H,3,7-8,11-13H2,1-2H3. The highest BCUT2D eigenvalue weighted by Gasteiger charge is 2.02. The second-order valence-corrected chi connectivity index (χ2v) is 4.17. The number of unbranched alkanes of at least 4 members (excludes halogenated alkanes) is 1. The zero-order chi connectivity index (χ0) is 11.6. The lowest BCUT2D eigenvalue weighted by Gasteiger charge is -2.20. The van der Waals surface area contributed by atoms with Gasteiger partial charge in [-0.1, -0.05) is 37.3 Å².